The summed E-state index contributed by atoms with van der Waals surface area (Å²) < 4.78 is 37.2. The van der Waals surface area contributed by atoms with Crippen LogP contribution in [-0.4, -0.2) is 28.6 Å². The Morgan fingerprint density at radius 3 is 2.57 bits per heavy atom. The molecule has 1 heterocycles. The fourth-order valence-corrected chi connectivity index (χ4v) is 2.64. The van der Waals surface area contributed by atoms with Crippen LogP contribution in [0.15, 0.2) is 52.0 Å². The van der Waals surface area contributed by atoms with Gasteiger partial charge < -0.3 is 14.5 Å². The smallest absolute Gasteiger partial charge is 0.240 e. The Balaban J connectivity index is 1.96. The molecule has 1 aromatic heterocycles. The maximum Gasteiger partial charge on any atom is 0.240 e. The van der Waals surface area contributed by atoms with Crippen LogP contribution in [0.5, 0.6) is 5.75 Å². The van der Waals surface area contributed by atoms with Gasteiger partial charge in [0.2, 0.25) is 10.0 Å². The van der Waals surface area contributed by atoms with Gasteiger partial charge in [-0.05, 0) is 43.4 Å². The lowest BCUT2D eigenvalue weighted by molar-refractivity contribution is 0.318. The van der Waals surface area contributed by atoms with Crippen LogP contribution in [0.4, 0.5) is 0 Å². The topological polar surface area (TPSA) is 80.6 Å². The highest BCUT2D eigenvalue weighted by molar-refractivity contribution is 7.89. The van der Waals surface area contributed by atoms with Crippen LogP contribution in [0.1, 0.15) is 5.76 Å². The van der Waals surface area contributed by atoms with E-state index in [-0.39, 0.29) is 11.4 Å². The quantitative estimate of drug-likeness (QED) is 0.720. The Morgan fingerprint density at radius 1 is 1.19 bits per heavy atom. The van der Waals surface area contributed by atoms with E-state index in [4.69, 9.17) is 9.15 Å². The first kappa shape index (κ1) is 15.6. The Labute approximate surface area is 124 Å². The molecule has 0 aliphatic rings. The minimum Gasteiger partial charge on any atom is -0.492 e. The summed E-state index contributed by atoms with van der Waals surface area (Å²) in [6.45, 7) is 1.37. The van der Waals surface area contributed by atoms with E-state index >= 15 is 0 Å². The highest BCUT2D eigenvalue weighted by Gasteiger charge is 2.14. The van der Waals surface area contributed by atoms with Crippen molar-refractivity contribution in [3.63, 3.8) is 0 Å². The van der Waals surface area contributed by atoms with Gasteiger partial charge in [-0.15, -0.1) is 0 Å². The summed E-state index contributed by atoms with van der Waals surface area (Å²) in [5.74, 6) is 1.20. The number of nitrogens with one attached hydrogen (secondary N) is 2. The van der Waals surface area contributed by atoms with Crippen molar-refractivity contribution in [1.29, 1.82) is 0 Å². The van der Waals surface area contributed by atoms with E-state index in [1.165, 1.54) is 18.4 Å². The van der Waals surface area contributed by atoms with E-state index in [1.807, 2.05) is 7.05 Å². The van der Waals surface area contributed by atoms with Crippen molar-refractivity contribution in [2.45, 2.75) is 11.4 Å². The first-order valence-electron chi connectivity index (χ1n) is 6.51. The summed E-state index contributed by atoms with van der Waals surface area (Å²) in [7, 11) is -1.72. The zero-order valence-electron chi connectivity index (χ0n) is 11.7. The largest absolute Gasteiger partial charge is 0.492 e. The normalized spacial score (nSPS) is 11.5. The van der Waals surface area contributed by atoms with E-state index in [2.05, 4.69) is 10.0 Å². The van der Waals surface area contributed by atoms with Crippen LogP contribution in [-0.2, 0) is 16.6 Å². The second-order valence-corrected chi connectivity index (χ2v) is 6.09. The van der Waals surface area contributed by atoms with Gasteiger partial charge in [0.15, 0.2) is 0 Å². The van der Waals surface area contributed by atoms with E-state index in [0.717, 1.165) is 6.54 Å². The van der Waals surface area contributed by atoms with Crippen molar-refractivity contribution < 1.29 is 17.6 Å². The summed E-state index contributed by atoms with van der Waals surface area (Å²) in [6, 6.07) is 9.72. The fourth-order valence-electron chi connectivity index (χ4n) is 1.65. The molecule has 2 rings (SSSR count). The molecule has 114 valence electrons. The van der Waals surface area contributed by atoms with Crippen molar-refractivity contribution in [2.75, 3.05) is 20.2 Å². The van der Waals surface area contributed by atoms with Crippen LogP contribution in [0, 0.1) is 0 Å². The lowest BCUT2D eigenvalue weighted by Gasteiger charge is -2.08. The zero-order chi connectivity index (χ0) is 15.1. The molecule has 0 spiro atoms. The van der Waals surface area contributed by atoms with Crippen LogP contribution in [0.25, 0.3) is 0 Å². The molecular formula is C14H18N2O4S. The number of hydrogen-bond acceptors (Lipinski definition) is 5. The van der Waals surface area contributed by atoms with Crippen LogP contribution < -0.4 is 14.8 Å². The Bertz CT molecular complexity index is 636. The van der Waals surface area contributed by atoms with Crippen LogP contribution in [0.2, 0.25) is 0 Å². The molecule has 1 aromatic carbocycles. The van der Waals surface area contributed by atoms with Gasteiger partial charge in [0, 0.05) is 6.54 Å². The molecule has 0 amide bonds. The third kappa shape index (κ3) is 4.59. The van der Waals surface area contributed by atoms with Crippen LogP contribution in [0.3, 0.4) is 0 Å². The molecule has 0 aliphatic carbocycles. The predicted molar refractivity (Wildman–Crippen MR) is 78.6 cm³/mol. The number of hydrogen-bond donors (Lipinski definition) is 2. The fraction of sp³-hybridized carbons (Fsp3) is 0.286. The number of rotatable bonds is 8. The van der Waals surface area contributed by atoms with Crippen molar-refractivity contribution in [1.82, 2.24) is 10.0 Å². The molecule has 6 nitrogen and oxygen atoms in total. The molecule has 0 unspecified atom stereocenters. The number of sulfonamides is 1. The second kappa shape index (κ2) is 7.26. The van der Waals surface area contributed by atoms with Crippen molar-refractivity contribution >= 4 is 10.0 Å². The summed E-state index contributed by atoms with van der Waals surface area (Å²) in [4.78, 5) is 0.190. The average molecular weight is 310 g/mol. The lowest BCUT2D eigenvalue weighted by atomic mass is 10.3. The van der Waals surface area contributed by atoms with Gasteiger partial charge in [0.25, 0.3) is 0 Å². The van der Waals surface area contributed by atoms with Gasteiger partial charge in [-0.3, -0.25) is 0 Å². The summed E-state index contributed by atoms with van der Waals surface area (Å²) >= 11 is 0. The average Bonchev–Trinajstić information content (AvgIpc) is 3.00. The Kier molecular flexibility index (Phi) is 5.38. The maximum absolute atomic E-state index is 12.1. The molecule has 7 heteroatoms. The SMILES string of the molecule is CNCCOc1ccc(S(=O)(=O)NCc2ccco2)cc1. The summed E-state index contributed by atoms with van der Waals surface area (Å²) in [5.41, 5.74) is 0. The van der Waals surface area contributed by atoms with Gasteiger partial charge in [0.1, 0.15) is 18.1 Å². The van der Waals surface area contributed by atoms with Gasteiger partial charge >= 0.3 is 0 Å². The van der Waals surface area contributed by atoms with E-state index in [9.17, 15) is 8.42 Å². The van der Waals surface area contributed by atoms with E-state index < -0.39 is 10.0 Å². The van der Waals surface area contributed by atoms with Gasteiger partial charge in [-0.2, -0.15) is 0 Å². The highest BCUT2D eigenvalue weighted by atomic mass is 32.2. The molecular weight excluding hydrogens is 292 g/mol. The molecule has 21 heavy (non-hydrogen) atoms. The molecule has 0 radical (unpaired) electrons. The maximum atomic E-state index is 12.1. The molecule has 2 aromatic rings. The Morgan fingerprint density at radius 2 is 1.95 bits per heavy atom. The third-order valence-corrected chi connectivity index (χ3v) is 4.19. The van der Waals surface area contributed by atoms with Gasteiger partial charge in [-0.1, -0.05) is 0 Å². The number of ether oxygens (including phenoxy) is 1. The highest BCUT2D eigenvalue weighted by Crippen LogP contribution is 2.16. The lowest BCUT2D eigenvalue weighted by Crippen LogP contribution is -2.23. The first-order chi connectivity index (χ1) is 10.1. The number of benzene rings is 1. The standard InChI is InChI=1S/C14H18N2O4S/c1-15-8-10-20-12-4-6-14(7-5-12)21(17,18)16-11-13-3-2-9-19-13/h2-7,9,15-16H,8,10-11H2,1H3. The molecule has 0 atom stereocenters. The molecule has 2 N–H and O–H groups in total. The number of likely N-dealkylation sites (N-methyl/N-ethyl adjacent to an activating group) is 1. The third-order valence-electron chi connectivity index (χ3n) is 2.77. The second-order valence-electron chi connectivity index (χ2n) is 4.33. The minimum absolute atomic E-state index is 0.121. The Hall–Kier alpha value is -1.83. The zero-order valence-corrected chi connectivity index (χ0v) is 12.5. The first-order valence-corrected chi connectivity index (χ1v) is 7.99. The molecule has 0 saturated carbocycles. The molecule has 0 fully saturated rings. The van der Waals surface area contributed by atoms with Crippen molar-refractivity contribution in [3.8, 4) is 5.75 Å². The molecule has 0 saturated heterocycles. The molecule has 0 aliphatic heterocycles. The van der Waals surface area contributed by atoms with E-state index in [0.29, 0.717) is 18.1 Å². The summed E-state index contributed by atoms with van der Waals surface area (Å²) in [5, 5.41) is 2.96. The summed E-state index contributed by atoms with van der Waals surface area (Å²) in [6.07, 6.45) is 1.50. The predicted octanol–water partition coefficient (Wildman–Crippen LogP) is 1.36. The van der Waals surface area contributed by atoms with Crippen LogP contribution >= 0.6 is 0 Å². The monoisotopic (exact) mass is 310 g/mol. The van der Waals surface area contributed by atoms with Crippen molar-refractivity contribution in [3.05, 3.63) is 48.4 Å². The van der Waals surface area contributed by atoms with Crippen molar-refractivity contribution in [2.24, 2.45) is 0 Å². The minimum atomic E-state index is -3.56. The molecule has 0 bridgehead atoms. The van der Waals surface area contributed by atoms with Gasteiger partial charge in [-0.25, -0.2) is 13.1 Å². The van der Waals surface area contributed by atoms with Gasteiger partial charge in [0.05, 0.1) is 17.7 Å². The van der Waals surface area contributed by atoms with E-state index in [1.54, 1.807) is 24.3 Å². The number of furan rings is 1.